The molecular weight excluding hydrogens is 280 g/mol. The molecule has 1 fully saturated rings. The van der Waals surface area contributed by atoms with E-state index in [1.165, 1.54) is 24.3 Å². The summed E-state index contributed by atoms with van der Waals surface area (Å²) in [4.78, 5) is 6.81. The van der Waals surface area contributed by atoms with Crippen LogP contribution in [0.5, 0.6) is 0 Å². The van der Waals surface area contributed by atoms with E-state index < -0.39 is 0 Å². The Balaban J connectivity index is 1.72. The molecule has 1 aliphatic rings. The quantitative estimate of drug-likeness (QED) is 0.649. The Kier molecular flexibility index (Phi) is 6.36. The average Bonchev–Trinajstić information content (AvgIpc) is 3.01. The molecule has 1 aromatic rings. The molecule has 0 amide bonds. The molecule has 0 bridgehead atoms. The minimum atomic E-state index is 0.534. The molecule has 0 radical (unpaired) electrons. The van der Waals surface area contributed by atoms with Gasteiger partial charge in [-0.3, -0.25) is 4.99 Å². The van der Waals surface area contributed by atoms with Crippen LogP contribution in [0.4, 0.5) is 5.00 Å². The summed E-state index contributed by atoms with van der Waals surface area (Å²) in [5.41, 5.74) is 0. The molecule has 0 unspecified atom stereocenters. The molecule has 4 nitrogen and oxygen atoms in total. The van der Waals surface area contributed by atoms with Crippen LogP contribution in [0.25, 0.3) is 0 Å². The van der Waals surface area contributed by atoms with Crippen molar-refractivity contribution in [1.29, 1.82) is 0 Å². The molecule has 0 spiro atoms. The smallest absolute Gasteiger partial charge is 0.191 e. The van der Waals surface area contributed by atoms with Gasteiger partial charge >= 0.3 is 0 Å². The largest absolute Gasteiger partial charge is 0.363 e. The molecule has 2 N–H and O–H groups in total. The van der Waals surface area contributed by atoms with Gasteiger partial charge in [0.25, 0.3) is 0 Å². The van der Waals surface area contributed by atoms with E-state index in [0.29, 0.717) is 6.04 Å². The predicted molar refractivity (Wildman–Crippen MR) is 93.5 cm³/mol. The standard InChI is InChI=1S/C16H28N4S/c1-13(2)6-9-18-16(17-3)19-14-7-10-20(11-8-14)15-5-4-12-21-15/h4-5,12-14H,6-11H2,1-3H3,(H2,17,18,19). The van der Waals surface area contributed by atoms with Gasteiger partial charge in [-0.1, -0.05) is 13.8 Å². The van der Waals surface area contributed by atoms with Crippen LogP contribution in [0.3, 0.4) is 0 Å². The fourth-order valence-electron chi connectivity index (χ4n) is 2.56. The van der Waals surface area contributed by atoms with Gasteiger partial charge in [0, 0.05) is 32.7 Å². The maximum Gasteiger partial charge on any atom is 0.191 e. The summed E-state index contributed by atoms with van der Waals surface area (Å²) < 4.78 is 0. The molecule has 0 atom stereocenters. The molecule has 118 valence electrons. The van der Waals surface area contributed by atoms with Crippen LogP contribution in [-0.2, 0) is 0 Å². The van der Waals surface area contributed by atoms with E-state index in [1.54, 1.807) is 0 Å². The third-order valence-corrected chi connectivity index (χ3v) is 4.82. The Labute approximate surface area is 132 Å². The Morgan fingerprint density at radius 3 is 2.76 bits per heavy atom. The summed E-state index contributed by atoms with van der Waals surface area (Å²) in [6.07, 6.45) is 3.52. The minimum absolute atomic E-state index is 0.534. The Bertz CT molecular complexity index is 419. The highest BCUT2D eigenvalue weighted by Crippen LogP contribution is 2.24. The molecule has 1 saturated heterocycles. The molecule has 0 saturated carbocycles. The second-order valence-electron chi connectivity index (χ2n) is 6.04. The Morgan fingerprint density at radius 1 is 1.43 bits per heavy atom. The zero-order valence-corrected chi connectivity index (χ0v) is 14.2. The molecule has 1 aliphatic heterocycles. The fourth-order valence-corrected chi connectivity index (χ4v) is 3.35. The number of hydrogen-bond donors (Lipinski definition) is 2. The van der Waals surface area contributed by atoms with Crippen molar-refractivity contribution in [3.05, 3.63) is 17.5 Å². The number of nitrogens with one attached hydrogen (secondary N) is 2. The lowest BCUT2D eigenvalue weighted by Gasteiger charge is -2.33. The second kappa shape index (κ2) is 8.27. The lowest BCUT2D eigenvalue weighted by atomic mass is 10.1. The topological polar surface area (TPSA) is 39.7 Å². The van der Waals surface area contributed by atoms with Crippen LogP contribution in [0, 0.1) is 5.92 Å². The monoisotopic (exact) mass is 308 g/mol. The summed E-state index contributed by atoms with van der Waals surface area (Å²) in [7, 11) is 1.85. The van der Waals surface area contributed by atoms with Crippen molar-refractivity contribution in [3.8, 4) is 0 Å². The van der Waals surface area contributed by atoms with Crippen molar-refractivity contribution >= 4 is 22.3 Å². The first kappa shape index (κ1) is 16.1. The van der Waals surface area contributed by atoms with Crippen molar-refractivity contribution < 1.29 is 0 Å². The van der Waals surface area contributed by atoms with Gasteiger partial charge in [-0.15, -0.1) is 11.3 Å². The van der Waals surface area contributed by atoms with Crippen molar-refractivity contribution in [2.45, 2.75) is 39.2 Å². The third-order valence-electron chi connectivity index (χ3n) is 3.89. The predicted octanol–water partition coefficient (Wildman–Crippen LogP) is 2.93. The normalized spacial score (nSPS) is 17.3. The zero-order valence-electron chi connectivity index (χ0n) is 13.4. The van der Waals surface area contributed by atoms with E-state index >= 15 is 0 Å². The van der Waals surface area contributed by atoms with Gasteiger partial charge in [0.1, 0.15) is 0 Å². The van der Waals surface area contributed by atoms with E-state index in [0.717, 1.165) is 31.5 Å². The molecule has 0 aliphatic carbocycles. The van der Waals surface area contributed by atoms with Crippen LogP contribution in [0.15, 0.2) is 22.5 Å². The Morgan fingerprint density at radius 2 is 2.19 bits per heavy atom. The van der Waals surface area contributed by atoms with Gasteiger partial charge in [-0.05, 0) is 42.7 Å². The number of guanidine groups is 1. The number of piperidine rings is 1. The van der Waals surface area contributed by atoms with E-state index in [1.807, 2.05) is 18.4 Å². The van der Waals surface area contributed by atoms with Crippen molar-refractivity contribution in [3.63, 3.8) is 0 Å². The van der Waals surface area contributed by atoms with Gasteiger partial charge in [-0.25, -0.2) is 0 Å². The van der Waals surface area contributed by atoms with Crippen molar-refractivity contribution in [2.24, 2.45) is 10.9 Å². The SMILES string of the molecule is CN=C(NCCC(C)C)NC1CCN(c2cccs2)CC1. The maximum atomic E-state index is 4.33. The highest BCUT2D eigenvalue weighted by atomic mass is 32.1. The maximum absolute atomic E-state index is 4.33. The van der Waals surface area contributed by atoms with Gasteiger partial charge in [0.05, 0.1) is 5.00 Å². The highest BCUT2D eigenvalue weighted by molar-refractivity contribution is 7.14. The van der Waals surface area contributed by atoms with Crippen LogP contribution in [-0.4, -0.2) is 38.7 Å². The van der Waals surface area contributed by atoms with Crippen LogP contribution in [0.2, 0.25) is 0 Å². The van der Waals surface area contributed by atoms with Crippen LogP contribution >= 0.6 is 11.3 Å². The number of aliphatic imine (C=N–C) groups is 1. The second-order valence-corrected chi connectivity index (χ2v) is 6.96. The van der Waals surface area contributed by atoms with Gasteiger partial charge in [-0.2, -0.15) is 0 Å². The van der Waals surface area contributed by atoms with Gasteiger partial charge in [0.15, 0.2) is 5.96 Å². The molecule has 21 heavy (non-hydrogen) atoms. The van der Waals surface area contributed by atoms with E-state index in [2.05, 4.69) is 51.9 Å². The first-order chi connectivity index (χ1) is 10.2. The molecule has 2 heterocycles. The minimum Gasteiger partial charge on any atom is -0.363 e. The number of hydrogen-bond acceptors (Lipinski definition) is 3. The van der Waals surface area contributed by atoms with E-state index in [-0.39, 0.29) is 0 Å². The van der Waals surface area contributed by atoms with Gasteiger partial charge in [0.2, 0.25) is 0 Å². The highest BCUT2D eigenvalue weighted by Gasteiger charge is 2.20. The number of anilines is 1. The van der Waals surface area contributed by atoms with Crippen molar-refractivity contribution in [1.82, 2.24) is 10.6 Å². The fraction of sp³-hybridized carbons (Fsp3) is 0.688. The lowest BCUT2D eigenvalue weighted by Crippen LogP contribution is -2.48. The summed E-state index contributed by atoms with van der Waals surface area (Å²) in [5, 5.41) is 10.5. The van der Waals surface area contributed by atoms with Crippen molar-refractivity contribution in [2.75, 3.05) is 31.6 Å². The molecular formula is C16H28N4S. The van der Waals surface area contributed by atoms with Crippen LogP contribution in [0.1, 0.15) is 33.1 Å². The summed E-state index contributed by atoms with van der Waals surface area (Å²) in [6.45, 7) is 7.74. The number of nitrogens with zero attached hydrogens (tertiary/aromatic N) is 2. The molecule has 5 heteroatoms. The first-order valence-electron chi connectivity index (χ1n) is 7.94. The molecule has 1 aromatic heterocycles. The molecule has 0 aromatic carbocycles. The zero-order chi connectivity index (χ0) is 15.1. The van der Waals surface area contributed by atoms with Crippen LogP contribution < -0.4 is 15.5 Å². The summed E-state index contributed by atoms with van der Waals surface area (Å²) in [6, 6.07) is 4.88. The van der Waals surface area contributed by atoms with E-state index in [4.69, 9.17) is 0 Å². The summed E-state index contributed by atoms with van der Waals surface area (Å²) in [5.74, 6) is 1.68. The third kappa shape index (κ3) is 5.23. The lowest BCUT2D eigenvalue weighted by molar-refractivity contribution is 0.461. The van der Waals surface area contributed by atoms with E-state index in [9.17, 15) is 0 Å². The first-order valence-corrected chi connectivity index (χ1v) is 8.82. The number of thiophene rings is 1. The number of rotatable bonds is 5. The molecule has 2 rings (SSSR count). The average molecular weight is 308 g/mol. The van der Waals surface area contributed by atoms with Gasteiger partial charge < -0.3 is 15.5 Å². The summed E-state index contributed by atoms with van der Waals surface area (Å²) >= 11 is 1.83. The Hall–Kier alpha value is -1.23.